The molecule has 2 fully saturated rings. The van der Waals surface area contributed by atoms with Crippen molar-refractivity contribution in [3.05, 3.63) is 34.9 Å². The number of rotatable bonds is 5. The van der Waals surface area contributed by atoms with Crippen molar-refractivity contribution >= 4 is 35.8 Å². The number of halogens is 2. The van der Waals surface area contributed by atoms with Crippen LogP contribution in [0.25, 0.3) is 0 Å². The van der Waals surface area contributed by atoms with E-state index in [0.29, 0.717) is 43.3 Å². The molecule has 24 heavy (non-hydrogen) atoms. The molecule has 0 aromatic heterocycles. The molecule has 0 spiro atoms. The van der Waals surface area contributed by atoms with Crippen molar-refractivity contribution < 1.29 is 9.59 Å². The highest BCUT2D eigenvalue weighted by atomic mass is 35.5. The first-order valence-electron chi connectivity index (χ1n) is 8.17. The van der Waals surface area contributed by atoms with Gasteiger partial charge in [-0.2, -0.15) is 0 Å². The fourth-order valence-corrected chi connectivity index (χ4v) is 2.88. The summed E-state index contributed by atoms with van der Waals surface area (Å²) in [6.07, 6.45) is 2.57. The summed E-state index contributed by atoms with van der Waals surface area (Å²) in [6.45, 7) is 3.71. The van der Waals surface area contributed by atoms with Gasteiger partial charge < -0.3 is 15.1 Å². The standard InChI is InChI=1S/C17H22ClN3O2.ClH/c18-15-5-3-14(4-6-15)17(23)21-9-7-20(8-10-21)16(22)12-19-11-13-1-2-13;/h3-6,13,19H,1-2,7-12H2;1H. The Bertz CT molecular complexity index is 568. The molecule has 2 aliphatic rings. The normalized spacial score (nSPS) is 17.4. The molecular formula is C17H23Cl2N3O2. The highest BCUT2D eigenvalue weighted by Gasteiger charge is 2.25. The first kappa shape index (κ1) is 19.0. The fraction of sp³-hybridized carbons (Fsp3) is 0.529. The van der Waals surface area contributed by atoms with Crippen LogP contribution in [0.1, 0.15) is 23.2 Å². The molecular weight excluding hydrogens is 349 g/mol. The highest BCUT2D eigenvalue weighted by molar-refractivity contribution is 6.30. The molecule has 132 valence electrons. The molecule has 1 aromatic rings. The third-order valence-corrected chi connectivity index (χ3v) is 4.67. The number of hydrogen-bond donors (Lipinski definition) is 1. The van der Waals surface area contributed by atoms with Crippen molar-refractivity contribution in [1.29, 1.82) is 0 Å². The van der Waals surface area contributed by atoms with E-state index in [4.69, 9.17) is 11.6 Å². The van der Waals surface area contributed by atoms with Crippen LogP contribution in [0.5, 0.6) is 0 Å². The molecule has 1 heterocycles. The first-order valence-corrected chi connectivity index (χ1v) is 8.54. The van der Waals surface area contributed by atoms with Gasteiger partial charge in [0.25, 0.3) is 5.91 Å². The van der Waals surface area contributed by atoms with E-state index in [-0.39, 0.29) is 24.2 Å². The number of piperazine rings is 1. The molecule has 0 bridgehead atoms. The van der Waals surface area contributed by atoms with E-state index in [1.165, 1.54) is 12.8 Å². The lowest BCUT2D eigenvalue weighted by Gasteiger charge is -2.35. The number of nitrogens with zero attached hydrogens (tertiary/aromatic N) is 2. The number of hydrogen-bond acceptors (Lipinski definition) is 3. The van der Waals surface area contributed by atoms with Crippen molar-refractivity contribution in [3.63, 3.8) is 0 Å². The van der Waals surface area contributed by atoms with Crippen LogP contribution in [0.3, 0.4) is 0 Å². The number of amides is 2. The zero-order valence-corrected chi connectivity index (χ0v) is 15.1. The van der Waals surface area contributed by atoms with Crippen LogP contribution in [-0.4, -0.2) is 60.9 Å². The Morgan fingerprint density at radius 3 is 2.21 bits per heavy atom. The van der Waals surface area contributed by atoms with Crippen LogP contribution < -0.4 is 5.32 Å². The van der Waals surface area contributed by atoms with Gasteiger partial charge in [-0.15, -0.1) is 12.4 Å². The van der Waals surface area contributed by atoms with Crippen LogP contribution in [-0.2, 0) is 4.79 Å². The molecule has 1 saturated carbocycles. The van der Waals surface area contributed by atoms with E-state index >= 15 is 0 Å². The fourth-order valence-electron chi connectivity index (χ4n) is 2.75. The van der Waals surface area contributed by atoms with E-state index in [1.807, 2.05) is 4.90 Å². The van der Waals surface area contributed by atoms with Gasteiger partial charge in [-0.1, -0.05) is 11.6 Å². The summed E-state index contributed by atoms with van der Waals surface area (Å²) >= 11 is 5.85. The van der Waals surface area contributed by atoms with Crippen molar-refractivity contribution in [1.82, 2.24) is 15.1 Å². The number of nitrogens with one attached hydrogen (secondary N) is 1. The largest absolute Gasteiger partial charge is 0.338 e. The molecule has 1 aromatic carbocycles. The smallest absolute Gasteiger partial charge is 0.253 e. The van der Waals surface area contributed by atoms with Crippen LogP contribution in [0.2, 0.25) is 5.02 Å². The van der Waals surface area contributed by atoms with Gasteiger partial charge in [-0.3, -0.25) is 9.59 Å². The van der Waals surface area contributed by atoms with E-state index in [1.54, 1.807) is 29.2 Å². The molecule has 0 radical (unpaired) electrons. The Hall–Kier alpha value is -1.30. The summed E-state index contributed by atoms with van der Waals surface area (Å²) in [4.78, 5) is 28.2. The zero-order valence-electron chi connectivity index (χ0n) is 13.5. The number of carbonyl (C=O) groups excluding carboxylic acids is 2. The van der Waals surface area contributed by atoms with Gasteiger partial charge in [-0.25, -0.2) is 0 Å². The second-order valence-corrected chi connectivity index (χ2v) is 6.69. The monoisotopic (exact) mass is 371 g/mol. The molecule has 1 aliphatic heterocycles. The molecule has 2 amide bonds. The molecule has 0 atom stereocenters. The average molecular weight is 372 g/mol. The van der Waals surface area contributed by atoms with Gasteiger partial charge in [0.2, 0.25) is 5.91 Å². The van der Waals surface area contributed by atoms with Crippen LogP contribution >= 0.6 is 24.0 Å². The van der Waals surface area contributed by atoms with Gasteiger partial charge in [0.15, 0.2) is 0 Å². The lowest BCUT2D eigenvalue weighted by molar-refractivity contribution is -0.131. The Morgan fingerprint density at radius 1 is 1.04 bits per heavy atom. The van der Waals surface area contributed by atoms with Gasteiger partial charge in [0, 0.05) is 36.8 Å². The maximum atomic E-state index is 12.4. The summed E-state index contributed by atoms with van der Waals surface area (Å²) in [5.74, 6) is 0.904. The molecule has 1 aliphatic carbocycles. The predicted molar refractivity (Wildman–Crippen MR) is 96.8 cm³/mol. The summed E-state index contributed by atoms with van der Waals surface area (Å²) in [6, 6.07) is 6.92. The second kappa shape index (κ2) is 8.70. The minimum atomic E-state index is 0. The van der Waals surface area contributed by atoms with E-state index in [9.17, 15) is 9.59 Å². The average Bonchev–Trinajstić information content (AvgIpc) is 3.39. The summed E-state index contributed by atoms with van der Waals surface area (Å²) in [5.41, 5.74) is 0.639. The lowest BCUT2D eigenvalue weighted by Crippen LogP contribution is -2.52. The zero-order chi connectivity index (χ0) is 16.2. The Balaban J connectivity index is 0.00000208. The van der Waals surface area contributed by atoms with Crippen molar-refractivity contribution in [2.45, 2.75) is 12.8 Å². The van der Waals surface area contributed by atoms with Crippen LogP contribution in [0, 0.1) is 5.92 Å². The summed E-state index contributed by atoms with van der Waals surface area (Å²) < 4.78 is 0. The van der Waals surface area contributed by atoms with Crippen molar-refractivity contribution in [3.8, 4) is 0 Å². The maximum absolute atomic E-state index is 12.4. The lowest BCUT2D eigenvalue weighted by atomic mass is 10.2. The minimum Gasteiger partial charge on any atom is -0.338 e. The van der Waals surface area contributed by atoms with Gasteiger partial charge in [0.1, 0.15) is 0 Å². The summed E-state index contributed by atoms with van der Waals surface area (Å²) in [5, 5.41) is 3.85. The Morgan fingerprint density at radius 2 is 1.62 bits per heavy atom. The summed E-state index contributed by atoms with van der Waals surface area (Å²) in [7, 11) is 0. The molecule has 7 heteroatoms. The molecule has 3 rings (SSSR count). The van der Waals surface area contributed by atoms with E-state index in [0.717, 1.165) is 12.5 Å². The first-order chi connectivity index (χ1) is 11.1. The van der Waals surface area contributed by atoms with Crippen LogP contribution in [0.15, 0.2) is 24.3 Å². The second-order valence-electron chi connectivity index (χ2n) is 6.25. The van der Waals surface area contributed by atoms with E-state index < -0.39 is 0 Å². The van der Waals surface area contributed by atoms with Crippen molar-refractivity contribution in [2.75, 3.05) is 39.3 Å². The molecule has 1 saturated heterocycles. The van der Waals surface area contributed by atoms with Gasteiger partial charge in [-0.05, 0) is 49.6 Å². The number of benzene rings is 1. The van der Waals surface area contributed by atoms with E-state index in [2.05, 4.69) is 5.32 Å². The highest BCUT2D eigenvalue weighted by Crippen LogP contribution is 2.27. The number of carbonyl (C=O) groups is 2. The third kappa shape index (κ3) is 5.10. The minimum absolute atomic E-state index is 0. The SMILES string of the molecule is Cl.O=C(CNCC1CC1)N1CCN(C(=O)c2ccc(Cl)cc2)CC1. The molecule has 5 nitrogen and oxygen atoms in total. The molecule has 1 N–H and O–H groups in total. The topological polar surface area (TPSA) is 52.7 Å². The quantitative estimate of drug-likeness (QED) is 0.861. The van der Waals surface area contributed by atoms with Crippen molar-refractivity contribution in [2.24, 2.45) is 5.92 Å². The molecule has 0 unspecified atom stereocenters. The van der Waals surface area contributed by atoms with Gasteiger partial charge >= 0.3 is 0 Å². The van der Waals surface area contributed by atoms with Crippen LogP contribution in [0.4, 0.5) is 0 Å². The maximum Gasteiger partial charge on any atom is 0.253 e. The third-order valence-electron chi connectivity index (χ3n) is 4.42. The van der Waals surface area contributed by atoms with Gasteiger partial charge in [0.05, 0.1) is 6.54 Å². The Labute approximate surface area is 153 Å². The predicted octanol–water partition coefficient (Wildman–Crippen LogP) is 2.05. The Kier molecular flexibility index (Phi) is 6.90.